The van der Waals surface area contributed by atoms with Gasteiger partial charge in [-0.3, -0.25) is 9.59 Å². The average Bonchev–Trinajstić information content (AvgIpc) is 3.07. The number of nitrogens with zero attached hydrogens (tertiary/aromatic N) is 1. The molecular formula is C23H24N2O4S. The molecule has 2 aromatic rings. The fourth-order valence-corrected chi connectivity index (χ4v) is 4.90. The number of anilines is 1. The lowest BCUT2D eigenvalue weighted by molar-refractivity contribution is -0.119. The van der Waals surface area contributed by atoms with Gasteiger partial charge in [-0.25, -0.2) is 4.79 Å². The number of benzene rings is 1. The minimum atomic E-state index is -0.651. The van der Waals surface area contributed by atoms with Crippen LogP contribution in [0.4, 0.5) is 5.00 Å². The number of hydrogen-bond acceptors (Lipinski definition) is 6. The molecule has 1 aliphatic rings. The van der Waals surface area contributed by atoms with Gasteiger partial charge in [0.05, 0.1) is 11.1 Å². The summed E-state index contributed by atoms with van der Waals surface area (Å²) in [6.45, 7) is 6.23. The van der Waals surface area contributed by atoms with Crippen LogP contribution in [0.2, 0.25) is 0 Å². The third kappa shape index (κ3) is 4.77. The highest BCUT2D eigenvalue weighted by Crippen LogP contribution is 2.43. The van der Waals surface area contributed by atoms with Gasteiger partial charge in [-0.2, -0.15) is 5.26 Å². The molecule has 0 unspecified atom stereocenters. The third-order valence-electron chi connectivity index (χ3n) is 5.47. The predicted octanol–water partition coefficient (Wildman–Crippen LogP) is 4.38. The zero-order valence-electron chi connectivity index (χ0n) is 17.3. The van der Waals surface area contributed by atoms with Gasteiger partial charge in [-0.05, 0) is 48.3 Å². The minimum Gasteiger partial charge on any atom is -0.452 e. The zero-order valence-corrected chi connectivity index (χ0v) is 18.1. The molecular weight excluding hydrogens is 400 g/mol. The van der Waals surface area contributed by atoms with E-state index in [0.717, 1.165) is 29.7 Å². The number of nitriles is 1. The molecule has 1 N–H and O–H groups in total. The fourth-order valence-electron chi connectivity index (χ4n) is 3.61. The summed E-state index contributed by atoms with van der Waals surface area (Å²) in [5, 5.41) is 12.9. The number of aldehydes is 1. The monoisotopic (exact) mass is 424 g/mol. The van der Waals surface area contributed by atoms with E-state index in [4.69, 9.17) is 4.74 Å². The maximum Gasteiger partial charge on any atom is 0.338 e. The number of thiophene rings is 1. The van der Waals surface area contributed by atoms with Crippen LogP contribution in [-0.2, 0) is 22.4 Å². The number of carbonyl (C=O) groups excluding carboxylic acids is 3. The molecule has 0 radical (unpaired) electrons. The van der Waals surface area contributed by atoms with Gasteiger partial charge in [0, 0.05) is 10.4 Å². The van der Waals surface area contributed by atoms with E-state index in [9.17, 15) is 19.6 Å². The van der Waals surface area contributed by atoms with Crippen LogP contribution in [0.25, 0.3) is 0 Å². The summed E-state index contributed by atoms with van der Waals surface area (Å²) in [5.41, 5.74) is 2.45. The Morgan fingerprint density at radius 2 is 2.00 bits per heavy atom. The SMILES string of the molecule is CC(C)(C)[C@@H]1CCc2c(sc(NC(=O)COC(=O)c3ccc(C=O)cc3)c2C#N)C1. The first kappa shape index (κ1) is 21.7. The molecule has 7 heteroatoms. The fraction of sp³-hybridized carbons (Fsp3) is 0.391. The van der Waals surface area contributed by atoms with E-state index in [1.165, 1.54) is 35.6 Å². The maximum absolute atomic E-state index is 12.3. The van der Waals surface area contributed by atoms with Crippen molar-refractivity contribution in [1.82, 2.24) is 0 Å². The van der Waals surface area contributed by atoms with Gasteiger partial charge in [0.25, 0.3) is 5.91 Å². The summed E-state index contributed by atoms with van der Waals surface area (Å²) in [7, 11) is 0. The Balaban J connectivity index is 1.64. The zero-order chi connectivity index (χ0) is 21.9. The molecule has 1 heterocycles. The molecule has 6 nitrogen and oxygen atoms in total. The lowest BCUT2D eigenvalue weighted by Gasteiger charge is -2.33. The van der Waals surface area contributed by atoms with E-state index < -0.39 is 18.5 Å². The normalized spacial score (nSPS) is 15.6. The first-order chi connectivity index (χ1) is 14.2. The summed E-state index contributed by atoms with van der Waals surface area (Å²) in [6.07, 6.45) is 3.44. The van der Waals surface area contributed by atoms with Crippen LogP contribution in [0.3, 0.4) is 0 Å². The molecule has 30 heavy (non-hydrogen) atoms. The first-order valence-corrected chi connectivity index (χ1v) is 10.6. The van der Waals surface area contributed by atoms with Crippen molar-refractivity contribution in [2.45, 2.75) is 40.0 Å². The third-order valence-corrected chi connectivity index (χ3v) is 6.64. The number of ether oxygens (including phenoxy) is 1. The summed E-state index contributed by atoms with van der Waals surface area (Å²) >= 11 is 1.44. The summed E-state index contributed by atoms with van der Waals surface area (Å²) < 4.78 is 5.06. The Morgan fingerprint density at radius 3 is 2.60 bits per heavy atom. The first-order valence-electron chi connectivity index (χ1n) is 9.79. The van der Waals surface area contributed by atoms with Crippen molar-refractivity contribution in [2.75, 3.05) is 11.9 Å². The summed E-state index contributed by atoms with van der Waals surface area (Å²) in [6, 6.07) is 8.17. The van der Waals surface area contributed by atoms with E-state index in [1.54, 1.807) is 0 Å². The predicted molar refractivity (Wildman–Crippen MR) is 115 cm³/mol. The van der Waals surface area contributed by atoms with E-state index in [0.29, 0.717) is 28.3 Å². The summed E-state index contributed by atoms with van der Waals surface area (Å²) in [4.78, 5) is 36.2. The van der Waals surface area contributed by atoms with Crippen LogP contribution in [-0.4, -0.2) is 24.8 Å². The standard InChI is InChI=1S/C23H24N2O4S/c1-23(2,3)16-8-9-17-18(11-24)21(30-19(17)10-16)25-20(27)13-29-22(28)15-6-4-14(12-26)5-7-15/h4-7,12,16H,8-10,13H2,1-3H3,(H,25,27)/t16-/m1/s1. The van der Waals surface area contributed by atoms with Crippen LogP contribution in [0.1, 0.15) is 63.9 Å². The molecule has 3 rings (SSSR count). The van der Waals surface area contributed by atoms with Crippen molar-refractivity contribution in [3.8, 4) is 6.07 Å². The molecule has 1 aromatic carbocycles. The maximum atomic E-state index is 12.3. The Morgan fingerprint density at radius 1 is 1.30 bits per heavy atom. The van der Waals surface area contributed by atoms with Crippen LogP contribution in [0.5, 0.6) is 0 Å². The second-order valence-electron chi connectivity index (χ2n) is 8.49. The topological polar surface area (TPSA) is 96.3 Å². The van der Waals surface area contributed by atoms with Crippen LogP contribution >= 0.6 is 11.3 Å². The number of carbonyl (C=O) groups is 3. The van der Waals surface area contributed by atoms with Crippen LogP contribution in [0.15, 0.2) is 24.3 Å². The Bertz CT molecular complexity index is 1010. The van der Waals surface area contributed by atoms with Crippen molar-refractivity contribution < 1.29 is 19.1 Å². The van der Waals surface area contributed by atoms with Crippen LogP contribution in [0, 0.1) is 22.7 Å². The van der Waals surface area contributed by atoms with E-state index >= 15 is 0 Å². The van der Waals surface area contributed by atoms with Gasteiger partial charge in [-0.1, -0.05) is 32.9 Å². The van der Waals surface area contributed by atoms with Gasteiger partial charge >= 0.3 is 5.97 Å². The second kappa shape index (κ2) is 8.80. The molecule has 1 amide bonds. The number of nitrogens with one attached hydrogen (secondary N) is 1. The highest BCUT2D eigenvalue weighted by Gasteiger charge is 2.32. The smallest absolute Gasteiger partial charge is 0.338 e. The lowest BCUT2D eigenvalue weighted by Crippen LogP contribution is -2.26. The Labute approximate surface area is 179 Å². The summed E-state index contributed by atoms with van der Waals surface area (Å²) in [5.74, 6) is -0.609. The van der Waals surface area contributed by atoms with Gasteiger partial charge in [0.1, 0.15) is 17.4 Å². The van der Waals surface area contributed by atoms with Crippen molar-refractivity contribution in [1.29, 1.82) is 5.26 Å². The number of fused-ring (bicyclic) bond motifs is 1. The Kier molecular flexibility index (Phi) is 6.37. The van der Waals surface area contributed by atoms with Crippen molar-refractivity contribution >= 4 is 34.5 Å². The van der Waals surface area contributed by atoms with Crippen molar-refractivity contribution in [2.24, 2.45) is 11.3 Å². The van der Waals surface area contributed by atoms with E-state index in [-0.39, 0.29) is 11.0 Å². The Hall–Kier alpha value is -2.98. The number of hydrogen-bond donors (Lipinski definition) is 1. The average molecular weight is 425 g/mol. The van der Waals surface area contributed by atoms with Gasteiger partial charge < -0.3 is 10.1 Å². The van der Waals surface area contributed by atoms with Crippen molar-refractivity contribution in [3.63, 3.8) is 0 Å². The largest absolute Gasteiger partial charge is 0.452 e. The molecule has 1 aromatic heterocycles. The van der Waals surface area contributed by atoms with E-state index in [2.05, 4.69) is 32.2 Å². The molecule has 1 aliphatic carbocycles. The van der Waals surface area contributed by atoms with Gasteiger partial charge in [0.15, 0.2) is 6.61 Å². The van der Waals surface area contributed by atoms with Gasteiger partial charge in [0.2, 0.25) is 0 Å². The van der Waals surface area contributed by atoms with Crippen LogP contribution < -0.4 is 5.32 Å². The molecule has 0 aliphatic heterocycles. The molecule has 156 valence electrons. The lowest BCUT2D eigenvalue weighted by atomic mass is 9.72. The van der Waals surface area contributed by atoms with Gasteiger partial charge in [-0.15, -0.1) is 11.3 Å². The number of amides is 1. The van der Waals surface area contributed by atoms with Crippen molar-refractivity contribution in [3.05, 3.63) is 51.4 Å². The minimum absolute atomic E-state index is 0.190. The molecule has 0 spiro atoms. The molecule has 0 bridgehead atoms. The number of rotatable bonds is 5. The molecule has 1 atom stereocenters. The van der Waals surface area contributed by atoms with E-state index in [1.807, 2.05) is 0 Å². The molecule has 0 saturated carbocycles. The molecule has 0 fully saturated rings. The highest BCUT2D eigenvalue weighted by molar-refractivity contribution is 7.16. The number of esters is 1. The quantitative estimate of drug-likeness (QED) is 0.568. The highest BCUT2D eigenvalue weighted by atomic mass is 32.1. The second-order valence-corrected chi connectivity index (χ2v) is 9.59. The molecule has 0 saturated heterocycles.